The first-order chi connectivity index (χ1) is 8.20. The van der Waals surface area contributed by atoms with Gasteiger partial charge in [-0.15, -0.1) is 11.3 Å². The van der Waals surface area contributed by atoms with E-state index < -0.39 is 0 Å². The van der Waals surface area contributed by atoms with Crippen LogP contribution in [0.3, 0.4) is 0 Å². The largest absolute Gasteiger partial charge is 0.339 e. The first-order valence-corrected chi connectivity index (χ1v) is 7.10. The van der Waals surface area contributed by atoms with Crippen molar-refractivity contribution in [1.29, 1.82) is 0 Å². The highest BCUT2D eigenvalue weighted by Gasteiger charge is 2.28. The minimum Gasteiger partial charge on any atom is -0.339 e. The quantitative estimate of drug-likeness (QED) is 0.892. The summed E-state index contributed by atoms with van der Waals surface area (Å²) in [7, 11) is 0. The summed E-state index contributed by atoms with van der Waals surface area (Å²) in [4.78, 5) is 15.4. The lowest BCUT2D eigenvalue weighted by Gasteiger charge is -2.37. The molecule has 1 saturated heterocycles. The van der Waals surface area contributed by atoms with E-state index in [-0.39, 0.29) is 5.91 Å². The van der Waals surface area contributed by atoms with E-state index in [0.29, 0.717) is 24.9 Å². The Morgan fingerprint density at radius 2 is 2.41 bits per heavy atom. The van der Waals surface area contributed by atoms with Crippen LogP contribution < -0.4 is 5.73 Å². The Labute approximate surface area is 107 Å². The molecule has 17 heavy (non-hydrogen) atoms. The predicted molar refractivity (Wildman–Crippen MR) is 71.0 cm³/mol. The molecule has 0 spiro atoms. The molecule has 1 aliphatic heterocycles. The van der Waals surface area contributed by atoms with Gasteiger partial charge < -0.3 is 10.6 Å². The van der Waals surface area contributed by atoms with Crippen molar-refractivity contribution in [3.05, 3.63) is 22.4 Å². The van der Waals surface area contributed by atoms with E-state index in [1.165, 1.54) is 0 Å². The molecule has 0 saturated carbocycles. The van der Waals surface area contributed by atoms with Gasteiger partial charge >= 0.3 is 0 Å². The molecule has 94 valence electrons. The second kappa shape index (κ2) is 5.65. The highest BCUT2D eigenvalue weighted by Crippen LogP contribution is 2.22. The van der Waals surface area contributed by atoms with Crippen molar-refractivity contribution < 1.29 is 4.79 Å². The third kappa shape index (κ3) is 3.07. The molecule has 0 radical (unpaired) electrons. The summed E-state index contributed by atoms with van der Waals surface area (Å²) < 4.78 is 0. The van der Waals surface area contributed by atoms with Gasteiger partial charge in [-0.05, 0) is 43.7 Å². The maximum Gasteiger partial charge on any atom is 0.228 e. The van der Waals surface area contributed by atoms with Crippen LogP contribution >= 0.6 is 11.3 Å². The van der Waals surface area contributed by atoms with E-state index in [9.17, 15) is 4.79 Å². The number of piperidine rings is 1. The predicted octanol–water partition coefficient (Wildman–Crippen LogP) is 1.88. The van der Waals surface area contributed by atoms with Gasteiger partial charge in [-0.1, -0.05) is 6.07 Å². The van der Waals surface area contributed by atoms with Gasteiger partial charge in [0.2, 0.25) is 5.91 Å². The molecule has 3 nitrogen and oxygen atoms in total. The van der Waals surface area contributed by atoms with Gasteiger partial charge in [-0.25, -0.2) is 0 Å². The Morgan fingerprint density at radius 1 is 1.59 bits per heavy atom. The fraction of sp³-hybridized carbons (Fsp3) is 0.615. The SMILES string of the molecule is CC1CCC(CN)CN1C(=O)Cc1cccs1. The van der Waals surface area contributed by atoms with Gasteiger partial charge in [0.1, 0.15) is 0 Å². The molecule has 0 bridgehead atoms. The minimum atomic E-state index is 0.248. The Hall–Kier alpha value is -0.870. The summed E-state index contributed by atoms with van der Waals surface area (Å²) in [5.41, 5.74) is 5.71. The number of nitrogens with two attached hydrogens (primary N) is 1. The van der Waals surface area contributed by atoms with Crippen molar-refractivity contribution in [3.8, 4) is 0 Å². The number of likely N-dealkylation sites (tertiary alicyclic amines) is 1. The van der Waals surface area contributed by atoms with Crippen molar-refractivity contribution in [2.24, 2.45) is 11.7 Å². The lowest BCUT2D eigenvalue weighted by Crippen LogP contribution is -2.47. The van der Waals surface area contributed by atoms with Crippen LogP contribution in [0.15, 0.2) is 17.5 Å². The van der Waals surface area contributed by atoms with Gasteiger partial charge in [0.05, 0.1) is 6.42 Å². The van der Waals surface area contributed by atoms with Gasteiger partial charge in [-0.3, -0.25) is 4.79 Å². The van der Waals surface area contributed by atoms with Crippen LogP contribution in [0.1, 0.15) is 24.6 Å². The molecule has 0 aliphatic carbocycles. The van der Waals surface area contributed by atoms with Crippen LogP contribution in [0, 0.1) is 5.92 Å². The van der Waals surface area contributed by atoms with E-state index in [2.05, 4.69) is 6.92 Å². The smallest absolute Gasteiger partial charge is 0.228 e. The molecular weight excluding hydrogens is 232 g/mol. The molecule has 2 rings (SSSR count). The highest BCUT2D eigenvalue weighted by molar-refractivity contribution is 7.10. The van der Waals surface area contributed by atoms with Crippen molar-refractivity contribution in [1.82, 2.24) is 4.90 Å². The first kappa shape index (κ1) is 12.6. The number of hydrogen-bond acceptors (Lipinski definition) is 3. The maximum absolute atomic E-state index is 12.2. The molecule has 2 atom stereocenters. The zero-order valence-corrected chi connectivity index (χ0v) is 11.1. The second-order valence-electron chi connectivity index (χ2n) is 4.83. The number of amides is 1. The number of rotatable bonds is 3. The van der Waals surface area contributed by atoms with Gasteiger partial charge in [0.15, 0.2) is 0 Å². The zero-order chi connectivity index (χ0) is 12.3. The summed E-state index contributed by atoms with van der Waals surface area (Å²) in [6.45, 7) is 3.66. The maximum atomic E-state index is 12.2. The molecule has 1 aromatic rings. The van der Waals surface area contributed by atoms with Crippen LogP contribution in [0.5, 0.6) is 0 Å². The van der Waals surface area contributed by atoms with Gasteiger partial charge in [0, 0.05) is 17.5 Å². The molecule has 1 amide bonds. The molecule has 1 fully saturated rings. The number of carbonyl (C=O) groups excluding carboxylic acids is 1. The average molecular weight is 252 g/mol. The Kier molecular flexibility index (Phi) is 4.18. The monoisotopic (exact) mass is 252 g/mol. The third-order valence-electron chi connectivity index (χ3n) is 3.54. The van der Waals surface area contributed by atoms with E-state index >= 15 is 0 Å². The topological polar surface area (TPSA) is 46.3 Å². The Morgan fingerprint density at radius 3 is 3.06 bits per heavy atom. The molecule has 0 aromatic carbocycles. The van der Waals surface area contributed by atoms with E-state index in [1.807, 2.05) is 22.4 Å². The minimum absolute atomic E-state index is 0.248. The molecule has 2 N–H and O–H groups in total. The summed E-state index contributed by atoms with van der Waals surface area (Å²) in [6.07, 6.45) is 2.78. The van der Waals surface area contributed by atoms with E-state index in [0.717, 1.165) is 24.3 Å². The van der Waals surface area contributed by atoms with Crippen LogP contribution in [-0.4, -0.2) is 29.9 Å². The molecule has 4 heteroatoms. The normalized spacial score (nSPS) is 24.9. The lowest BCUT2D eigenvalue weighted by molar-refractivity contribution is -0.134. The fourth-order valence-corrected chi connectivity index (χ4v) is 3.08. The fourth-order valence-electron chi connectivity index (χ4n) is 2.39. The van der Waals surface area contributed by atoms with Crippen LogP contribution in [-0.2, 0) is 11.2 Å². The van der Waals surface area contributed by atoms with E-state index in [4.69, 9.17) is 5.73 Å². The van der Waals surface area contributed by atoms with Crippen LogP contribution in [0.2, 0.25) is 0 Å². The van der Waals surface area contributed by atoms with E-state index in [1.54, 1.807) is 11.3 Å². The summed E-state index contributed by atoms with van der Waals surface area (Å²) in [5.74, 6) is 0.733. The van der Waals surface area contributed by atoms with Crippen LogP contribution in [0.4, 0.5) is 0 Å². The molecule has 2 heterocycles. The van der Waals surface area contributed by atoms with Gasteiger partial charge in [0.25, 0.3) is 0 Å². The highest BCUT2D eigenvalue weighted by atomic mass is 32.1. The van der Waals surface area contributed by atoms with Crippen molar-refractivity contribution in [2.75, 3.05) is 13.1 Å². The van der Waals surface area contributed by atoms with Crippen molar-refractivity contribution in [2.45, 2.75) is 32.2 Å². The summed E-state index contributed by atoms with van der Waals surface area (Å²) >= 11 is 1.65. The Bertz CT molecular complexity index is 364. The Balaban J connectivity index is 1.97. The number of nitrogens with zero attached hydrogens (tertiary/aromatic N) is 1. The zero-order valence-electron chi connectivity index (χ0n) is 10.3. The number of hydrogen-bond donors (Lipinski definition) is 1. The molecule has 2 unspecified atom stereocenters. The molecule has 1 aliphatic rings. The number of thiophene rings is 1. The lowest BCUT2D eigenvalue weighted by atomic mass is 9.93. The summed E-state index contributed by atoms with van der Waals surface area (Å²) in [5, 5.41) is 2.02. The standard InChI is InChI=1S/C13H20N2OS/c1-10-4-5-11(8-14)9-15(10)13(16)7-12-3-2-6-17-12/h2-3,6,10-11H,4-5,7-9,14H2,1H3. The van der Waals surface area contributed by atoms with Gasteiger partial charge in [-0.2, -0.15) is 0 Å². The third-order valence-corrected chi connectivity index (χ3v) is 4.42. The summed E-state index contributed by atoms with van der Waals surface area (Å²) in [6, 6.07) is 4.39. The van der Waals surface area contributed by atoms with Crippen molar-refractivity contribution in [3.63, 3.8) is 0 Å². The number of carbonyl (C=O) groups is 1. The first-order valence-electron chi connectivity index (χ1n) is 6.22. The van der Waals surface area contributed by atoms with Crippen LogP contribution in [0.25, 0.3) is 0 Å². The molecular formula is C13H20N2OS. The molecule has 1 aromatic heterocycles. The average Bonchev–Trinajstić information content (AvgIpc) is 2.82. The second-order valence-corrected chi connectivity index (χ2v) is 5.86. The van der Waals surface area contributed by atoms with Crippen molar-refractivity contribution >= 4 is 17.2 Å².